The summed E-state index contributed by atoms with van der Waals surface area (Å²) >= 11 is 0. The Morgan fingerprint density at radius 1 is 1.43 bits per heavy atom. The third-order valence-corrected chi connectivity index (χ3v) is 4.68. The molecule has 2 heterocycles. The minimum atomic E-state index is -0.487. The van der Waals surface area contributed by atoms with Crippen molar-refractivity contribution in [2.24, 2.45) is 12.0 Å². The summed E-state index contributed by atoms with van der Waals surface area (Å²) in [6.07, 6.45) is 4.86. The van der Waals surface area contributed by atoms with Crippen LogP contribution in [0.1, 0.15) is 52.5 Å². The lowest BCUT2D eigenvalue weighted by Crippen LogP contribution is -2.41. The Labute approximate surface area is 168 Å². The molecule has 1 aromatic heterocycles. The normalized spacial score (nSPS) is 17.7. The van der Waals surface area contributed by atoms with E-state index in [0.717, 1.165) is 32.0 Å². The molecule has 0 saturated carbocycles. The molecule has 0 bridgehead atoms. The van der Waals surface area contributed by atoms with Gasteiger partial charge in [-0.05, 0) is 46.6 Å². The number of carbonyl (C=O) groups excluding carboxylic acids is 1. The van der Waals surface area contributed by atoms with E-state index in [1.807, 2.05) is 45.6 Å². The van der Waals surface area contributed by atoms with Crippen molar-refractivity contribution in [1.82, 2.24) is 24.9 Å². The molecule has 28 heavy (non-hydrogen) atoms. The number of likely N-dealkylation sites (N-methyl/N-ethyl adjacent to an activating group) is 1. The van der Waals surface area contributed by atoms with Gasteiger partial charge < -0.3 is 19.9 Å². The molecule has 1 aromatic rings. The predicted molar refractivity (Wildman–Crippen MR) is 112 cm³/mol. The first-order chi connectivity index (χ1) is 13.2. The minimum absolute atomic E-state index is 0.284. The molecule has 1 unspecified atom stereocenters. The highest BCUT2D eigenvalue weighted by atomic mass is 16.6. The van der Waals surface area contributed by atoms with E-state index >= 15 is 0 Å². The molecular weight excluding hydrogens is 356 g/mol. The summed E-state index contributed by atoms with van der Waals surface area (Å²) in [6, 6.07) is 0. The second-order valence-corrected chi connectivity index (χ2v) is 8.17. The number of aromatic nitrogens is 2. The van der Waals surface area contributed by atoms with E-state index < -0.39 is 5.60 Å². The average Bonchev–Trinajstić information content (AvgIpc) is 3.25. The van der Waals surface area contributed by atoms with E-state index in [1.54, 1.807) is 4.90 Å². The smallest absolute Gasteiger partial charge is 0.410 e. The molecule has 0 aromatic carbocycles. The maximum atomic E-state index is 12.3. The Morgan fingerprint density at radius 2 is 2.18 bits per heavy atom. The number of hydrogen-bond donors (Lipinski definition) is 1. The van der Waals surface area contributed by atoms with Crippen LogP contribution >= 0.6 is 0 Å². The highest BCUT2D eigenvalue weighted by Crippen LogP contribution is 2.26. The van der Waals surface area contributed by atoms with Gasteiger partial charge in [0.1, 0.15) is 5.60 Å². The van der Waals surface area contributed by atoms with Crippen LogP contribution < -0.4 is 5.32 Å². The van der Waals surface area contributed by atoms with Gasteiger partial charge in [0.05, 0.1) is 12.7 Å². The van der Waals surface area contributed by atoms with Crippen molar-refractivity contribution >= 4 is 12.1 Å². The van der Waals surface area contributed by atoms with Crippen molar-refractivity contribution in [3.8, 4) is 0 Å². The number of hydrogen-bond acceptors (Lipinski definition) is 4. The van der Waals surface area contributed by atoms with Crippen LogP contribution in [0.2, 0.25) is 0 Å². The number of ether oxygens (including phenoxy) is 1. The monoisotopic (exact) mass is 392 g/mol. The minimum Gasteiger partial charge on any atom is -0.444 e. The summed E-state index contributed by atoms with van der Waals surface area (Å²) < 4.78 is 7.32. The third kappa shape index (κ3) is 6.42. The standard InChI is InChI=1S/C20H36N6O2/c1-7-21-18(22-10-12-25(8-2)19(27)28-20(3,4)5)26-11-9-16(15-26)17-13-23-24(6)14-17/h13-14,16H,7-12,15H2,1-6H3,(H,21,22). The SMILES string of the molecule is CCNC(=NCCN(CC)C(=O)OC(C)(C)C)N1CCC(c2cnn(C)c2)C1. The van der Waals surface area contributed by atoms with E-state index in [9.17, 15) is 4.79 Å². The predicted octanol–water partition coefficient (Wildman–Crippen LogP) is 2.43. The zero-order chi connectivity index (χ0) is 20.7. The molecule has 0 aliphatic carbocycles. The van der Waals surface area contributed by atoms with Crippen LogP contribution in [0.15, 0.2) is 17.4 Å². The Balaban J connectivity index is 1.93. The topological polar surface area (TPSA) is 75.0 Å². The zero-order valence-corrected chi connectivity index (χ0v) is 18.2. The van der Waals surface area contributed by atoms with Crippen molar-refractivity contribution in [3.63, 3.8) is 0 Å². The summed E-state index contributed by atoms with van der Waals surface area (Å²) in [5, 5.41) is 7.67. The van der Waals surface area contributed by atoms with Crippen molar-refractivity contribution < 1.29 is 9.53 Å². The quantitative estimate of drug-likeness (QED) is 0.594. The maximum Gasteiger partial charge on any atom is 0.410 e. The van der Waals surface area contributed by atoms with Crippen LogP contribution in [-0.4, -0.2) is 76.5 Å². The van der Waals surface area contributed by atoms with E-state index in [1.165, 1.54) is 5.56 Å². The fraction of sp³-hybridized carbons (Fsp3) is 0.750. The number of guanidine groups is 1. The van der Waals surface area contributed by atoms with Crippen LogP contribution in [0, 0.1) is 0 Å². The fourth-order valence-electron chi connectivity index (χ4n) is 3.28. The molecule has 0 spiro atoms. The molecule has 1 saturated heterocycles. The Bertz CT molecular complexity index is 664. The van der Waals surface area contributed by atoms with Gasteiger partial charge in [0.25, 0.3) is 0 Å². The van der Waals surface area contributed by atoms with Gasteiger partial charge in [0.15, 0.2) is 5.96 Å². The van der Waals surface area contributed by atoms with Crippen molar-refractivity contribution in [2.75, 3.05) is 39.3 Å². The largest absolute Gasteiger partial charge is 0.444 e. The molecule has 1 amide bonds. The summed E-state index contributed by atoms with van der Waals surface area (Å²) in [7, 11) is 1.95. The highest BCUT2D eigenvalue weighted by Gasteiger charge is 2.27. The lowest BCUT2D eigenvalue weighted by Gasteiger charge is -2.26. The highest BCUT2D eigenvalue weighted by molar-refractivity contribution is 5.80. The van der Waals surface area contributed by atoms with Gasteiger partial charge in [0, 0.05) is 51.9 Å². The average molecular weight is 393 g/mol. The molecule has 2 rings (SSSR count). The number of nitrogens with one attached hydrogen (secondary N) is 1. The van der Waals surface area contributed by atoms with E-state index in [4.69, 9.17) is 9.73 Å². The number of likely N-dealkylation sites (tertiary alicyclic amines) is 1. The molecule has 1 N–H and O–H groups in total. The second kappa shape index (κ2) is 9.80. The number of amides is 1. The Kier molecular flexibility index (Phi) is 7.71. The second-order valence-electron chi connectivity index (χ2n) is 8.17. The van der Waals surface area contributed by atoms with Crippen molar-refractivity contribution in [2.45, 2.75) is 52.6 Å². The first-order valence-electron chi connectivity index (χ1n) is 10.2. The van der Waals surface area contributed by atoms with Gasteiger partial charge in [-0.1, -0.05) is 0 Å². The summed E-state index contributed by atoms with van der Waals surface area (Å²) in [5.74, 6) is 1.39. The van der Waals surface area contributed by atoms with Crippen LogP contribution in [0.4, 0.5) is 4.79 Å². The van der Waals surface area contributed by atoms with Gasteiger partial charge in [-0.3, -0.25) is 9.67 Å². The number of nitrogens with zero attached hydrogens (tertiary/aromatic N) is 5. The number of aliphatic imine (C=N–C) groups is 1. The number of aryl methyl sites for hydroxylation is 1. The van der Waals surface area contributed by atoms with Crippen molar-refractivity contribution in [1.29, 1.82) is 0 Å². The molecule has 158 valence electrons. The van der Waals surface area contributed by atoms with E-state index in [0.29, 0.717) is 25.6 Å². The molecule has 8 nitrogen and oxygen atoms in total. The molecule has 0 radical (unpaired) electrons. The molecule has 1 fully saturated rings. The number of carbonyl (C=O) groups is 1. The van der Waals surface area contributed by atoms with Crippen LogP contribution in [0.3, 0.4) is 0 Å². The first kappa shape index (κ1) is 22.0. The lowest BCUT2D eigenvalue weighted by molar-refractivity contribution is 0.0266. The van der Waals surface area contributed by atoms with Crippen LogP contribution in [0.5, 0.6) is 0 Å². The van der Waals surface area contributed by atoms with E-state index in [2.05, 4.69) is 28.4 Å². The van der Waals surface area contributed by atoms with Crippen LogP contribution in [0.25, 0.3) is 0 Å². The van der Waals surface area contributed by atoms with E-state index in [-0.39, 0.29) is 6.09 Å². The Hall–Kier alpha value is -2.25. The van der Waals surface area contributed by atoms with Gasteiger partial charge >= 0.3 is 6.09 Å². The molecule has 1 aliphatic rings. The lowest BCUT2D eigenvalue weighted by atomic mass is 10.0. The summed E-state index contributed by atoms with van der Waals surface area (Å²) in [4.78, 5) is 21.0. The molecule has 1 atom stereocenters. The van der Waals surface area contributed by atoms with Crippen molar-refractivity contribution in [3.05, 3.63) is 18.0 Å². The summed E-state index contributed by atoms with van der Waals surface area (Å²) in [6.45, 7) is 14.1. The third-order valence-electron chi connectivity index (χ3n) is 4.68. The fourth-order valence-corrected chi connectivity index (χ4v) is 3.28. The van der Waals surface area contributed by atoms with Gasteiger partial charge in [0.2, 0.25) is 0 Å². The van der Waals surface area contributed by atoms with Crippen LogP contribution in [-0.2, 0) is 11.8 Å². The maximum absolute atomic E-state index is 12.3. The molecule has 8 heteroatoms. The Morgan fingerprint density at radius 3 is 2.75 bits per heavy atom. The van der Waals surface area contributed by atoms with Gasteiger partial charge in [-0.2, -0.15) is 5.10 Å². The number of rotatable bonds is 6. The zero-order valence-electron chi connectivity index (χ0n) is 18.2. The molecular formula is C20H36N6O2. The summed E-state index contributed by atoms with van der Waals surface area (Å²) in [5.41, 5.74) is 0.794. The van der Waals surface area contributed by atoms with Gasteiger partial charge in [-0.25, -0.2) is 4.79 Å². The van der Waals surface area contributed by atoms with Gasteiger partial charge in [-0.15, -0.1) is 0 Å². The first-order valence-corrected chi connectivity index (χ1v) is 10.2. The molecule has 1 aliphatic heterocycles.